The molecule has 2 heterocycles. The van der Waals surface area contributed by atoms with Gasteiger partial charge in [-0.1, -0.05) is 11.6 Å². The lowest BCUT2D eigenvalue weighted by Crippen LogP contribution is -2.54. The maximum Gasteiger partial charge on any atom is 0.401 e. The number of nitro groups is 1. The molecule has 0 aliphatic carbocycles. The van der Waals surface area contributed by atoms with E-state index in [1.807, 2.05) is 0 Å². The number of rotatable bonds is 3. The maximum absolute atomic E-state index is 12.5. The second-order valence-electron chi connectivity index (χ2n) is 5.14. The maximum atomic E-state index is 12.5. The first-order chi connectivity index (χ1) is 10.2. The summed E-state index contributed by atoms with van der Waals surface area (Å²) in [6, 6.07) is 0.861. The fourth-order valence-electron chi connectivity index (χ4n) is 2.41. The first-order valence-electron chi connectivity index (χ1n) is 6.53. The van der Waals surface area contributed by atoms with Gasteiger partial charge in [-0.2, -0.15) is 13.2 Å². The lowest BCUT2D eigenvalue weighted by Gasteiger charge is -2.40. The zero-order chi connectivity index (χ0) is 16.5. The number of pyridine rings is 1. The summed E-state index contributed by atoms with van der Waals surface area (Å²) in [6.45, 7) is 1.60. The van der Waals surface area contributed by atoms with E-state index in [2.05, 4.69) is 4.98 Å². The fraction of sp³-hybridized carbons (Fsp3) is 0.583. The van der Waals surface area contributed by atoms with Gasteiger partial charge in [-0.3, -0.25) is 15.0 Å². The van der Waals surface area contributed by atoms with E-state index in [0.29, 0.717) is 18.9 Å². The highest BCUT2D eigenvalue weighted by Gasteiger charge is 2.35. The Balaban J connectivity index is 2.09. The van der Waals surface area contributed by atoms with E-state index < -0.39 is 17.6 Å². The van der Waals surface area contributed by atoms with Crippen LogP contribution in [0, 0.1) is 10.1 Å². The van der Waals surface area contributed by atoms with Gasteiger partial charge in [0.2, 0.25) is 0 Å². The van der Waals surface area contributed by atoms with E-state index in [-0.39, 0.29) is 23.3 Å². The van der Waals surface area contributed by atoms with Gasteiger partial charge in [0.15, 0.2) is 0 Å². The lowest BCUT2D eigenvalue weighted by atomic mass is 10.2. The highest BCUT2D eigenvalue weighted by molar-refractivity contribution is 6.33. The van der Waals surface area contributed by atoms with Gasteiger partial charge in [-0.05, 0) is 6.92 Å². The largest absolute Gasteiger partial charge is 0.401 e. The van der Waals surface area contributed by atoms with Gasteiger partial charge in [0, 0.05) is 31.7 Å². The summed E-state index contributed by atoms with van der Waals surface area (Å²) in [4.78, 5) is 17.1. The molecule has 2 rings (SSSR count). The van der Waals surface area contributed by atoms with Crippen molar-refractivity contribution < 1.29 is 18.1 Å². The molecule has 1 aliphatic rings. The summed E-state index contributed by atoms with van der Waals surface area (Å²) >= 11 is 6.00. The van der Waals surface area contributed by atoms with Crippen LogP contribution in [-0.4, -0.2) is 53.2 Å². The summed E-state index contributed by atoms with van der Waals surface area (Å²) in [5, 5.41) is 10.8. The predicted octanol–water partition coefficient (Wildman–Crippen LogP) is 2.72. The minimum atomic E-state index is -4.24. The zero-order valence-corrected chi connectivity index (χ0v) is 12.4. The van der Waals surface area contributed by atoms with Crippen molar-refractivity contribution in [2.75, 3.05) is 31.1 Å². The molecule has 1 saturated heterocycles. The standard InChI is InChI=1S/C12H14ClF3N4O2/c1-8-6-18(2-3-19(8)7-12(14,15)16)11-10(13)4-9(5-17-11)20(21)22/h4-5,8H,2-3,6-7H2,1H3. The summed E-state index contributed by atoms with van der Waals surface area (Å²) in [7, 11) is 0. The molecule has 1 aliphatic heterocycles. The summed E-state index contributed by atoms with van der Waals surface area (Å²) in [5.41, 5.74) is -0.225. The van der Waals surface area contributed by atoms with Crippen LogP contribution in [-0.2, 0) is 0 Å². The Kier molecular flexibility index (Phi) is 4.76. The average Bonchev–Trinajstić information content (AvgIpc) is 2.39. The summed E-state index contributed by atoms with van der Waals surface area (Å²) in [5.74, 6) is 0.353. The third-order valence-electron chi connectivity index (χ3n) is 3.47. The molecule has 0 saturated carbocycles. The van der Waals surface area contributed by atoms with Crippen molar-refractivity contribution in [2.45, 2.75) is 19.1 Å². The predicted molar refractivity (Wildman–Crippen MR) is 75.2 cm³/mol. The Labute approximate surface area is 129 Å². The van der Waals surface area contributed by atoms with E-state index >= 15 is 0 Å². The molecule has 0 N–H and O–H groups in total. The molecule has 1 fully saturated rings. The van der Waals surface area contributed by atoms with Crippen LogP contribution in [0.2, 0.25) is 5.02 Å². The number of halogens is 4. The van der Waals surface area contributed by atoms with Crippen LogP contribution < -0.4 is 4.90 Å². The Morgan fingerprint density at radius 3 is 2.68 bits per heavy atom. The van der Waals surface area contributed by atoms with Crippen LogP contribution in [0.5, 0.6) is 0 Å². The first-order valence-corrected chi connectivity index (χ1v) is 6.91. The van der Waals surface area contributed by atoms with E-state index in [1.165, 1.54) is 11.0 Å². The molecular weight excluding hydrogens is 325 g/mol. The molecule has 0 aromatic carbocycles. The number of hydrogen-bond acceptors (Lipinski definition) is 5. The quantitative estimate of drug-likeness (QED) is 0.626. The topological polar surface area (TPSA) is 62.5 Å². The zero-order valence-electron chi connectivity index (χ0n) is 11.7. The normalized spacial score (nSPS) is 20.2. The molecule has 122 valence electrons. The molecule has 1 aromatic heterocycles. The van der Waals surface area contributed by atoms with E-state index in [1.54, 1.807) is 11.8 Å². The molecule has 1 unspecified atom stereocenters. The van der Waals surface area contributed by atoms with Gasteiger partial charge in [-0.15, -0.1) is 0 Å². The van der Waals surface area contributed by atoms with Crippen molar-refractivity contribution in [3.63, 3.8) is 0 Å². The molecule has 22 heavy (non-hydrogen) atoms. The number of aromatic nitrogens is 1. The van der Waals surface area contributed by atoms with E-state index in [9.17, 15) is 23.3 Å². The van der Waals surface area contributed by atoms with Crippen LogP contribution in [0.4, 0.5) is 24.7 Å². The van der Waals surface area contributed by atoms with Gasteiger partial charge < -0.3 is 4.90 Å². The van der Waals surface area contributed by atoms with Crippen molar-refractivity contribution in [3.8, 4) is 0 Å². The van der Waals surface area contributed by atoms with Gasteiger partial charge >= 0.3 is 6.18 Å². The van der Waals surface area contributed by atoms with E-state index in [0.717, 1.165) is 6.20 Å². The molecular formula is C12H14ClF3N4O2. The second kappa shape index (κ2) is 6.25. The number of alkyl halides is 3. The van der Waals surface area contributed by atoms with Gasteiger partial charge in [-0.25, -0.2) is 4.98 Å². The van der Waals surface area contributed by atoms with Crippen LogP contribution >= 0.6 is 11.6 Å². The molecule has 0 radical (unpaired) electrons. The Morgan fingerprint density at radius 1 is 1.50 bits per heavy atom. The molecule has 10 heteroatoms. The molecule has 0 amide bonds. The smallest absolute Gasteiger partial charge is 0.353 e. The monoisotopic (exact) mass is 338 g/mol. The minimum absolute atomic E-state index is 0.116. The fourth-order valence-corrected chi connectivity index (χ4v) is 2.69. The molecule has 1 aromatic rings. The van der Waals surface area contributed by atoms with E-state index in [4.69, 9.17) is 11.6 Å². The number of hydrogen-bond donors (Lipinski definition) is 0. The first kappa shape index (κ1) is 16.8. The van der Waals surface area contributed by atoms with Crippen molar-refractivity contribution in [3.05, 3.63) is 27.4 Å². The molecule has 0 bridgehead atoms. The van der Waals surface area contributed by atoms with Crippen LogP contribution in [0.1, 0.15) is 6.92 Å². The summed E-state index contributed by atoms with van der Waals surface area (Å²) in [6.07, 6.45) is -3.15. The van der Waals surface area contributed by atoms with Gasteiger partial charge in [0.1, 0.15) is 12.0 Å². The Morgan fingerprint density at radius 2 is 2.18 bits per heavy atom. The summed E-state index contributed by atoms with van der Waals surface area (Å²) < 4.78 is 37.4. The SMILES string of the molecule is CC1CN(c2ncc([N+](=O)[O-])cc2Cl)CCN1CC(F)(F)F. The molecule has 1 atom stereocenters. The number of nitrogens with zero attached hydrogens (tertiary/aromatic N) is 4. The lowest BCUT2D eigenvalue weighted by molar-refractivity contribution is -0.385. The Hall–Kier alpha value is -1.61. The van der Waals surface area contributed by atoms with Crippen LogP contribution in [0.15, 0.2) is 12.3 Å². The van der Waals surface area contributed by atoms with Crippen LogP contribution in [0.3, 0.4) is 0 Å². The van der Waals surface area contributed by atoms with Crippen LogP contribution in [0.25, 0.3) is 0 Å². The van der Waals surface area contributed by atoms with Gasteiger partial charge in [0.25, 0.3) is 5.69 Å². The van der Waals surface area contributed by atoms with Crippen molar-refractivity contribution >= 4 is 23.1 Å². The highest BCUT2D eigenvalue weighted by atomic mass is 35.5. The average molecular weight is 339 g/mol. The molecule has 0 spiro atoms. The number of anilines is 1. The third-order valence-corrected chi connectivity index (χ3v) is 3.74. The minimum Gasteiger partial charge on any atom is -0.353 e. The Bertz CT molecular complexity index is 570. The van der Waals surface area contributed by atoms with Gasteiger partial charge in [0.05, 0.1) is 16.5 Å². The number of piperazine rings is 1. The van der Waals surface area contributed by atoms with Crippen molar-refractivity contribution in [1.82, 2.24) is 9.88 Å². The second-order valence-corrected chi connectivity index (χ2v) is 5.54. The highest BCUT2D eigenvalue weighted by Crippen LogP contribution is 2.29. The third kappa shape index (κ3) is 3.98. The van der Waals surface area contributed by atoms with Crippen molar-refractivity contribution in [1.29, 1.82) is 0 Å². The van der Waals surface area contributed by atoms with Crippen molar-refractivity contribution in [2.24, 2.45) is 0 Å². The molecule has 6 nitrogen and oxygen atoms in total.